The van der Waals surface area contributed by atoms with Crippen LogP contribution in [-0.2, 0) is 9.47 Å². The van der Waals surface area contributed by atoms with Crippen LogP contribution >= 0.6 is 0 Å². The lowest BCUT2D eigenvalue weighted by Crippen LogP contribution is -2.47. The summed E-state index contributed by atoms with van der Waals surface area (Å²) in [5.74, 6) is 0. The number of epoxide rings is 2. The maximum atomic E-state index is 10.3. The Morgan fingerprint density at radius 1 is 0.614 bits per heavy atom. The summed E-state index contributed by atoms with van der Waals surface area (Å²) in [4.78, 5) is 0. The van der Waals surface area contributed by atoms with Gasteiger partial charge >= 0.3 is 0 Å². The highest BCUT2D eigenvalue weighted by Crippen LogP contribution is 2.68. The highest BCUT2D eigenvalue weighted by molar-refractivity contribution is 5.37. The number of aliphatic hydroxyl groups excluding tert-OH is 2. The van der Waals surface area contributed by atoms with Crippen LogP contribution in [0.3, 0.4) is 0 Å². The Morgan fingerprint density at radius 3 is 1.68 bits per heavy atom. The fourth-order valence-corrected chi connectivity index (χ4v) is 8.43. The average molecular weight is 603 g/mol. The van der Waals surface area contributed by atoms with Crippen LogP contribution in [0.15, 0.2) is 95.2 Å². The molecule has 44 heavy (non-hydrogen) atoms. The molecular weight excluding hydrogens is 544 g/mol. The second-order valence-corrected chi connectivity index (χ2v) is 15.8. The molecule has 2 N–H and O–H groups in total. The van der Waals surface area contributed by atoms with Crippen LogP contribution in [0.4, 0.5) is 0 Å². The largest absolute Gasteiger partial charge is 0.393 e. The minimum atomic E-state index is -0.291. The highest BCUT2D eigenvalue weighted by Gasteiger charge is 2.75. The summed E-state index contributed by atoms with van der Waals surface area (Å²) in [7, 11) is 0. The van der Waals surface area contributed by atoms with Crippen LogP contribution in [0.25, 0.3) is 0 Å². The first-order valence-electron chi connectivity index (χ1n) is 16.6. The van der Waals surface area contributed by atoms with Gasteiger partial charge in [0.2, 0.25) is 0 Å². The fraction of sp³-hybridized carbons (Fsp3) is 0.600. The Hall–Kier alpha value is -2.24. The molecule has 0 amide bonds. The molecule has 0 spiro atoms. The van der Waals surface area contributed by atoms with Crippen LogP contribution in [-0.4, -0.2) is 44.8 Å². The Morgan fingerprint density at radius 2 is 1.11 bits per heavy atom. The van der Waals surface area contributed by atoms with Crippen molar-refractivity contribution >= 4 is 0 Å². The molecule has 2 saturated heterocycles. The molecule has 0 unspecified atom stereocenters. The smallest absolute Gasteiger partial charge is 0.121 e. The van der Waals surface area contributed by atoms with Crippen molar-refractivity contribution in [2.45, 2.75) is 142 Å². The average Bonchev–Trinajstić information content (AvgIpc) is 3.73. The molecular formula is C40H58O4. The van der Waals surface area contributed by atoms with Crippen molar-refractivity contribution in [3.8, 4) is 0 Å². The normalized spacial score (nSPS) is 39.0. The Kier molecular flexibility index (Phi) is 9.85. The lowest BCUT2D eigenvalue weighted by molar-refractivity contribution is 0.0318. The maximum Gasteiger partial charge on any atom is 0.121 e. The second-order valence-electron chi connectivity index (χ2n) is 15.8. The van der Waals surface area contributed by atoms with Crippen LogP contribution in [0.2, 0.25) is 0 Å². The number of fused-ring (bicyclic) bond motifs is 2. The van der Waals surface area contributed by atoms with E-state index in [0.29, 0.717) is 6.42 Å². The second kappa shape index (κ2) is 12.5. The van der Waals surface area contributed by atoms with Crippen molar-refractivity contribution in [3.63, 3.8) is 0 Å². The van der Waals surface area contributed by atoms with E-state index in [2.05, 4.69) is 142 Å². The zero-order valence-electron chi connectivity index (χ0n) is 29.0. The number of hydrogen-bond acceptors (Lipinski definition) is 4. The molecule has 0 aromatic rings. The first-order chi connectivity index (χ1) is 20.4. The van der Waals surface area contributed by atoms with Gasteiger partial charge in [0.05, 0.1) is 17.8 Å². The Balaban J connectivity index is 1.23. The fourth-order valence-electron chi connectivity index (χ4n) is 8.43. The van der Waals surface area contributed by atoms with Crippen molar-refractivity contribution in [3.05, 3.63) is 95.2 Å². The molecule has 0 aromatic heterocycles. The third-order valence-electron chi connectivity index (χ3n) is 10.9. The predicted molar refractivity (Wildman–Crippen MR) is 183 cm³/mol. The molecule has 4 rings (SSSR count). The topological polar surface area (TPSA) is 65.5 Å². The van der Waals surface area contributed by atoms with Gasteiger partial charge in [-0.1, -0.05) is 117 Å². The summed E-state index contributed by atoms with van der Waals surface area (Å²) < 4.78 is 12.6. The quantitative estimate of drug-likeness (QED) is 0.183. The predicted octanol–water partition coefficient (Wildman–Crippen LogP) is 9.19. The van der Waals surface area contributed by atoms with E-state index < -0.39 is 0 Å². The van der Waals surface area contributed by atoms with Gasteiger partial charge < -0.3 is 19.7 Å². The Bertz CT molecular complexity index is 1330. The third-order valence-corrected chi connectivity index (χ3v) is 10.9. The molecule has 0 bridgehead atoms. The van der Waals surface area contributed by atoms with Gasteiger partial charge in [-0.25, -0.2) is 0 Å². The van der Waals surface area contributed by atoms with Gasteiger partial charge in [-0.15, -0.1) is 0 Å². The molecule has 4 nitrogen and oxygen atoms in total. The molecule has 4 fully saturated rings. The number of aliphatic hydroxyl groups is 2. The Labute approximate surface area is 267 Å². The van der Waals surface area contributed by atoms with Gasteiger partial charge in [0.25, 0.3) is 0 Å². The summed E-state index contributed by atoms with van der Waals surface area (Å²) in [6.45, 7) is 21.7. The molecule has 0 radical (unpaired) electrons. The van der Waals surface area contributed by atoms with Gasteiger partial charge in [-0.05, 0) is 78.7 Å². The number of rotatable bonds is 11. The molecule has 242 valence electrons. The molecule has 2 heterocycles. The maximum absolute atomic E-state index is 10.3. The molecule has 6 atom stereocenters. The summed E-state index contributed by atoms with van der Waals surface area (Å²) in [5, 5.41) is 20.5. The van der Waals surface area contributed by atoms with E-state index in [-0.39, 0.29) is 45.4 Å². The first kappa shape index (κ1) is 34.6. The first-order valence-corrected chi connectivity index (χ1v) is 16.6. The van der Waals surface area contributed by atoms with E-state index in [4.69, 9.17) is 9.47 Å². The zero-order chi connectivity index (χ0) is 32.6. The molecule has 4 aliphatic rings. The molecule has 0 aromatic carbocycles. The monoisotopic (exact) mass is 602 g/mol. The molecule has 2 aliphatic heterocycles. The lowest BCUT2D eigenvalue weighted by atomic mass is 9.61. The lowest BCUT2D eigenvalue weighted by Gasteiger charge is -2.40. The summed E-state index contributed by atoms with van der Waals surface area (Å²) in [5.41, 5.74) is 3.94. The van der Waals surface area contributed by atoms with Gasteiger partial charge in [0.15, 0.2) is 0 Å². The van der Waals surface area contributed by atoms with Gasteiger partial charge in [-0.2, -0.15) is 0 Å². The highest BCUT2D eigenvalue weighted by atomic mass is 16.6. The van der Waals surface area contributed by atoms with E-state index in [9.17, 15) is 10.2 Å². The van der Waals surface area contributed by atoms with Crippen molar-refractivity contribution in [1.29, 1.82) is 0 Å². The van der Waals surface area contributed by atoms with Crippen molar-refractivity contribution in [2.24, 2.45) is 10.8 Å². The van der Waals surface area contributed by atoms with Crippen LogP contribution in [0.1, 0.15) is 108 Å². The van der Waals surface area contributed by atoms with E-state index in [1.165, 1.54) is 22.3 Å². The SMILES string of the molecule is CC(/C=C/C=C(C)/C=C/[C@@]12O[C@]1(C)C[C@@H](O)CC2(C)C)=C\C=C\C=C(C)\C=C\C=C(/C)CC[C@@]12O[C@]1(C)C[C@@H](O)CC2(C)C. The van der Waals surface area contributed by atoms with E-state index >= 15 is 0 Å². The minimum absolute atomic E-state index is 0.0101. The summed E-state index contributed by atoms with van der Waals surface area (Å²) in [6, 6.07) is 0. The number of hydrogen-bond donors (Lipinski definition) is 2. The molecule has 2 saturated carbocycles. The van der Waals surface area contributed by atoms with Gasteiger partial charge in [0, 0.05) is 18.3 Å². The van der Waals surface area contributed by atoms with Crippen LogP contribution in [0.5, 0.6) is 0 Å². The molecule has 2 aliphatic carbocycles. The summed E-state index contributed by atoms with van der Waals surface area (Å²) >= 11 is 0. The van der Waals surface area contributed by atoms with E-state index in [1.807, 2.05) is 0 Å². The van der Waals surface area contributed by atoms with Crippen LogP contribution < -0.4 is 0 Å². The van der Waals surface area contributed by atoms with Crippen molar-refractivity contribution < 1.29 is 19.7 Å². The standard InChI is InChI=1S/C40H58O4/c1-29(17-13-19-31(3)21-23-39-35(5,6)25-33(41)27-37(39,9)43-39)15-11-12-16-30(2)18-14-20-32(4)22-24-40-36(7,8)26-34(42)28-38(40,10)44-40/h11-21,23,33-34,41-42H,22,24-28H2,1-10H3/b12-11+,17-13+,18-14+,23-21+,29-15+,30-16+,31-19+,32-20+/t33-,34-,37+,38+,39-,40-/m0/s1. The van der Waals surface area contributed by atoms with Crippen LogP contribution in [0, 0.1) is 10.8 Å². The number of allylic oxidation sites excluding steroid dienone is 15. The van der Waals surface area contributed by atoms with E-state index in [0.717, 1.165) is 32.1 Å². The van der Waals surface area contributed by atoms with Gasteiger partial charge in [-0.3, -0.25) is 0 Å². The minimum Gasteiger partial charge on any atom is -0.393 e. The summed E-state index contributed by atoms with van der Waals surface area (Å²) in [6.07, 6.45) is 30.1. The number of ether oxygens (including phenoxy) is 2. The third kappa shape index (κ3) is 6.94. The van der Waals surface area contributed by atoms with Crippen molar-refractivity contribution in [2.75, 3.05) is 0 Å². The molecule has 4 heteroatoms. The van der Waals surface area contributed by atoms with E-state index in [1.54, 1.807) is 0 Å². The van der Waals surface area contributed by atoms with Crippen molar-refractivity contribution in [1.82, 2.24) is 0 Å². The van der Waals surface area contributed by atoms with Gasteiger partial charge in [0.1, 0.15) is 16.8 Å². The zero-order valence-corrected chi connectivity index (χ0v) is 29.0.